The van der Waals surface area contributed by atoms with Crippen molar-refractivity contribution < 1.29 is 8.42 Å². The van der Waals surface area contributed by atoms with Crippen molar-refractivity contribution in [3.8, 4) is 5.82 Å². The summed E-state index contributed by atoms with van der Waals surface area (Å²) in [5.41, 5.74) is 0.852. The minimum absolute atomic E-state index is 0.112. The standard InChI is InChI=1S/C12H12N6O2S/c1-9-11(7-15-16-9)21(19,20)17-10-2-3-12(14-6-10)18-5-4-13-8-18/h2-8,17H,1H3,(H,15,16). The number of aromatic nitrogens is 5. The fraction of sp³-hybridized carbons (Fsp3) is 0.0833. The number of hydrogen-bond acceptors (Lipinski definition) is 5. The van der Waals surface area contributed by atoms with Crippen LogP contribution < -0.4 is 4.72 Å². The summed E-state index contributed by atoms with van der Waals surface area (Å²) in [7, 11) is -3.67. The van der Waals surface area contributed by atoms with Gasteiger partial charge in [-0.3, -0.25) is 14.4 Å². The number of nitrogens with one attached hydrogen (secondary N) is 2. The van der Waals surface area contributed by atoms with Gasteiger partial charge in [0.25, 0.3) is 10.0 Å². The van der Waals surface area contributed by atoms with Gasteiger partial charge in [-0.2, -0.15) is 5.10 Å². The van der Waals surface area contributed by atoms with Gasteiger partial charge in [0.2, 0.25) is 0 Å². The van der Waals surface area contributed by atoms with Crippen LogP contribution in [0.1, 0.15) is 5.69 Å². The van der Waals surface area contributed by atoms with Crippen molar-refractivity contribution in [2.45, 2.75) is 11.8 Å². The largest absolute Gasteiger partial charge is 0.291 e. The van der Waals surface area contributed by atoms with E-state index in [4.69, 9.17) is 0 Å². The highest BCUT2D eigenvalue weighted by atomic mass is 32.2. The normalized spacial score (nSPS) is 11.5. The molecule has 3 aromatic rings. The molecule has 0 radical (unpaired) electrons. The van der Waals surface area contributed by atoms with Crippen molar-refractivity contribution in [2.24, 2.45) is 0 Å². The third-order valence-electron chi connectivity index (χ3n) is 2.84. The molecule has 0 saturated carbocycles. The summed E-state index contributed by atoms with van der Waals surface area (Å²) in [6.07, 6.45) is 7.72. The lowest BCUT2D eigenvalue weighted by molar-refractivity contribution is 0.600. The molecular weight excluding hydrogens is 292 g/mol. The molecule has 9 heteroatoms. The number of pyridine rings is 1. The number of anilines is 1. The first-order valence-corrected chi connectivity index (χ1v) is 7.52. The number of nitrogens with zero attached hydrogens (tertiary/aromatic N) is 4. The minimum atomic E-state index is -3.67. The molecule has 0 atom stereocenters. The van der Waals surface area contributed by atoms with Gasteiger partial charge in [-0.25, -0.2) is 18.4 Å². The Kier molecular flexibility index (Phi) is 3.18. The van der Waals surface area contributed by atoms with E-state index in [1.54, 1.807) is 42.3 Å². The molecule has 0 spiro atoms. The maximum Gasteiger partial charge on any atom is 0.265 e. The molecule has 3 heterocycles. The minimum Gasteiger partial charge on any atom is -0.291 e. The maximum atomic E-state index is 12.2. The average Bonchev–Trinajstić information content (AvgIpc) is 3.10. The fourth-order valence-corrected chi connectivity index (χ4v) is 3.00. The van der Waals surface area contributed by atoms with E-state index in [2.05, 4.69) is 24.9 Å². The zero-order valence-electron chi connectivity index (χ0n) is 11.1. The maximum absolute atomic E-state index is 12.2. The average molecular weight is 304 g/mol. The van der Waals surface area contributed by atoms with Crippen LogP contribution in [0.4, 0.5) is 5.69 Å². The summed E-state index contributed by atoms with van der Waals surface area (Å²) >= 11 is 0. The molecule has 3 aromatic heterocycles. The molecule has 0 aromatic carbocycles. The van der Waals surface area contributed by atoms with Gasteiger partial charge >= 0.3 is 0 Å². The van der Waals surface area contributed by atoms with Gasteiger partial charge in [0.1, 0.15) is 17.0 Å². The first-order valence-electron chi connectivity index (χ1n) is 6.03. The van der Waals surface area contributed by atoms with Crippen LogP contribution in [0.25, 0.3) is 5.82 Å². The SMILES string of the molecule is Cc1[nH]ncc1S(=O)(=O)Nc1ccc(-n2ccnc2)nc1. The molecule has 21 heavy (non-hydrogen) atoms. The van der Waals surface area contributed by atoms with E-state index >= 15 is 0 Å². The number of rotatable bonds is 4. The van der Waals surface area contributed by atoms with E-state index in [1.165, 1.54) is 12.4 Å². The van der Waals surface area contributed by atoms with E-state index in [-0.39, 0.29) is 4.90 Å². The molecule has 0 aliphatic heterocycles. The number of imidazole rings is 1. The molecule has 3 rings (SSSR count). The molecule has 108 valence electrons. The van der Waals surface area contributed by atoms with E-state index in [0.717, 1.165) is 0 Å². The highest BCUT2D eigenvalue weighted by Crippen LogP contribution is 2.17. The number of aromatic amines is 1. The van der Waals surface area contributed by atoms with Gasteiger partial charge in [-0.1, -0.05) is 0 Å². The highest BCUT2D eigenvalue weighted by Gasteiger charge is 2.18. The molecule has 0 bridgehead atoms. The Labute approximate surface area is 120 Å². The van der Waals surface area contributed by atoms with Gasteiger partial charge in [0.05, 0.1) is 23.8 Å². The predicted octanol–water partition coefficient (Wildman–Crippen LogP) is 1.10. The smallest absolute Gasteiger partial charge is 0.265 e. The van der Waals surface area contributed by atoms with Crippen LogP contribution in [-0.4, -0.2) is 33.2 Å². The van der Waals surface area contributed by atoms with Crippen LogP contribution in [-0.2, 0) is 10.0 Å². The van der Waals surface area contributed by atoms with Crippen LogP contribution >= 0.6 is 0 Å². The van der Waals surface area contributed by atoms with Crippen molar-refractivity contribution in [1.82, 2.24) is 24.7 Å². The van der Waals surface area contributed by atoms with Crippen LogP contribution in [0.2, 0.25) is 0 Å². The summed E-state index contributed by atoms with van der Waals surface area (Å²) in [6.45, 7) is 1.64. The summed E-state index contributed by atoms with van der Waals surface area (Å²) in [5, 5.41) is 6.30. The topological polar surface area (TPSA) is 106 Å². The monoisotopic (exact) mass is 304 g/mol. The van der Waals surface area contributed by atoms with Gasteiger partial charge in [0, 0.05) is 12.4 Å². The van der Waals surface area contributed by atoms with Gasteiger partial charge in [-0.15, -0.1) is 0 Å². The lowest BCUT2D eigenvalue weighted by Gasteiger charge is -2.07. The van der Waals surface area contributed by atoms with Crippen LogP contribution in [0.5, 0.6) is 0 Å². The van der Waals surface area contributed by atoms with Crippen molar-refractivity contribution in [1.29, 1.82) is 0 Å². The number of sulfonamides is 1. The second-order valence-corrected chi connectivity index (χ2v) is 5.99. The lowest BCUT2D eigenvalue weighted by Crippen LogP contribution is -2.13. The fourth-order valence-electron chi connectivity index (χ4n) is 1.81. The number of H-pyrrole nitrogens is 1. The molecule has 8 nitrogen and oxygen atoms in total. The van der Waals surface area contributed by atoms with Gasteiger partial charge in [-0.05, 0) is 19.1 Å². The van der Waals surface area contributed by atoms with E-state index in [0.29, 0.717) is 17.2 Å². The Morgan fingerprint density at radius 1 is 1.29 bits per heavy atom. The molecule has 0 fully saturated rings. The predicted molar refractivity (Wildman–Crippen MR) is 75.5 cm³/mol. The molecular formula is C12H12N6O2S. The molecule has 0 unspecified atom stereocenters. The zero-order chi connectivity index (χ0) is 14.9. The van der Waals surface area contributed by atoms with E-state index in [1.807, 2.05) is 0 Å². The van der Waals surface area contributed by atoms with Crippen molar-refractivity contribution in [3.63, 3.8) is 0 Å². The second-order valence-electron chi connectivity index (χ2n) is 4.34. The Morgan fingerprint density at radius 2 is 2.14 bits per heavy atom. The summed E-state index contributed by atoms with van der Waals surface area (Å²) in [6, 6.07) is 3.33. The first kappa shape index (κ1) is 13.3. The zero-order valence-corrected chi connectivity index (χ0v) is 11.9. The van der Waals surface area contributed by atoms with Crippen LogP contribution in [0, 0.1) is 6.92 Å². The third-order valence-corrected chi connectivity index (χ3v) is 4.34. The van der Waals surface area contributed by atoms with Crippen molar-refractivity contribution in [3.05, 3.63) is 48.9 Å². The second kappa shape index (κ2) is 5.02. The Bertz CT molecular complexity index is 836. The van der Waals surface area contributed by atoms with Crippen LogP contribution in [0.3, 0.4) is 0 Å². The molecule has 0 aliphatic rings. The number of aryl methyl sites for hydroxylation is 1. The summed E-state index contributed by atoms with van der Waals surface area (Å²) in [5.74, 6) is 0.648. The third kappa shape index (κ3) is 2.63. The molecule has 2 N–H and O–H groups in total. The Hall–Kier alpha value is -2.68. The van der Waals surface area contributed by atoms with Crippen molar-refractivity contribution >= 4 is 15.7 Å². The summed E-state index contributed by atoms with van der Waals surface area (Å²) < 4.78 is 28.5. The quantitative estimate of drug-likeness (QED) is 0.751. The highest BCUT2D eigenvalue weighted by molar-refractivity contribution is 7.92. The first-order chi connectivity index (χ1) is 10.1. The van der Waals surface area contributed by atoms with Crippen molar-refractivity contribution in [2.75, 3.05) is 4.72 Å². The Morgan fingerprint density at radius 3 is 2.71 bits per heavy atom. The summed E-state index contributed by atoms with van der Waals surface area (Å²) in [4.78, 5) is 8.22. The molecule has 0 aliphatic carbocycles. The van der Waals surface area contributed by atoms with Gasteiger partial charge < -0.3 is 0 Å². The van der Waals surface area contributed by atoms with E-state index in [9.17, 15) is 8.42 Å². The Balaban J connectivity index is 1.84. The number of hydrogen-bond donors (Lipinski definition) is 2. The van der Waals surface area contributed by atoms with Crippen LogP contribution in [0.15, 0.2) is 48.1 Å². The van der Waals surface area contributed by atoms with E-state index < -0.39 is 10.0 Å². The molecule has 0 amide bonds. The molecule has 0 saturated heterocycles. The lowest BCUT2D eigenvalue weighted by atomic mass is 10.4. The van der Waals surface area contributed by atoms with Gasteiger partial charge in [0.15, 0.2) is 0 Å².